The van der Waals surface area contributed by atoms with E-state index in [1.807, 2.05) is 18.2 Å². The van der Waals surface area contributed by atoms with Crippen LogP contribution >= 0.6 is 11.6 Å². The third-order valence-electron chi connectivity index (χ3n) is 3.61. The highest BCUT2D eigenvalue weighted by atomic mass is 35.5. The van der Waals surface area contributed by atoms with Crippen molar-refractivity contribution in [2.24, 2.45) is 0 Å². The first-order valence-electron chi connectivity index (χ1n) is 6.05. The lowest BCUT2D eigenvalue weighted by molar-refractivity contribution is 0.292. The number of hydrogen-bond acceptors (Lipinski definition) is 3. The molecule has 0 spiro atoms. The van der Waals surface area contributed by atoms with Crippen LogP contribution in [0, 0.1) is 0 Å². The van der Waals surface area contributed by atoms with Gasteiger partial charge in [0, 0.05) is 11.1 Å². The van der Waals surface area contributed by atoms with Crippen molar-refractivity contribution in [1.82, 2.24) is 10.3 Å². The zero-order chi connectivity index (χ0) is 11.9. The van der Waals surface area contributed by atoms with Crippen molar-refractivity contribution in [3.8, 4) is 0 Å². The fraction of sp³-hybridized carbons (Fsp3) is 0.462. The van der Waals surface area contributed by atoms with Crippen molar-refractivity contribution in [3.63, 3.8) is 0 Å². The molecular formula is C13H15ClN2O. The van der Waals surface area contributed by atoms with Gasteiger partial charge in [0.25, 0.3) is 0 Å². The zero-order valence-corrected chi connectivity index (χ0v) is 10.5. The van der Waals surface area contributed by atoms with Gasteiger partial charge in [0.05, 0.1) is 5.54 Å². The molecule has 1 aromatic carbocycles. The van der Waals surface area contributed by atoms with E-state index in [9.17, 15) is 0 Å². The topological polar surface area (TPSA) is 38.1 Å². The number of benzene rings is 1. The third kappa shape index (κ3) is 1.74. The molecule has 1 fully saturated rings. The van der Waals surface area contributed by atoms with Crippen molar-refractivity contribution in [3.05, 3.63) is 29.1 Å². The average molecular weight is 251 g/mol. The standard InChI is InChI=1S/C13H15ClN2O/c1-2-13(6-3-7-15-13)12-16-10-5-4-9(14)8-11(10)17-12/h4-5,8,15H,2-3,6-7H2,1H3. The Hall–Kier alpha value is -1.06. The van der Waals surface area contributed by atoms with E-state index in [-0.39, 0.29) is 5.54 Å². The molecule has 1 unspecified atom stereocenters. The van der Waals surface area contributed by atoms with E-state index in [2.05, 4.69) is 17.2 Å². The van der Waals surface area contributed by atoms with Gasteiger partial charge in [0.1, 0.15) is 5.52 Å². The smallest absolute Gasteiger partial charge is 0.215 e. The van der Waals surface area contributed by atoms with E-state index in [0.717, 1.165) is 36.4 Å². The second kappa shape index (κ2) is 4.00. The first-order chi connectivity index (χ1) is 8.23. The van der Waals surface area contributed by atoms with E-state index in [1.165, 1.54) is 6.42 Å². The number of hydrogen-bond donors (Lipinski definition) is 1. The lowest BCUT2D eigenvalue weighted by Gasteiger charge is -2.23. The van der Waals surface area contributed by atoms with Crippen LogP contribution in [0.1, 0.15) is 32.1 Å². The summed E-state index contributed by atoms with van der Waals surface area (Å²) in [6.45, 7) is 3.20. The normalized spacial score (nSPS) is 24.6. The molecule has 0 radical (unpaired) electrons. The number of aromatic nitrogens is 1. The summed E-state index contributed by atoms with van der Waals surface area (Å²) in [5.41, 5.74) is 1.57. The summed E-state index contributed by atoms with van der Waals surface area (Å²) >= 11 is 5.95. The Morgan fingerprint density at radius 2 is 2.41 bits per heavy atom. The van der Waals surface area contributed by atoms with Crippen LogP contribution in [0.2, 0.25) is 5.02 Å². The van der Waals surface area contributed by atoms with Crippen LogP contribution in [0.5, 0.6) is 0 Å². The summed E-state index contributed by atoms with van der Waals surface area (Å²) in [7, 11) is 0. The molecule has 3 nitrogen and oxygen atoms in total. The number of halogens is 1. The van der Waals surface area contributed by atoms with Gasteiger partial charge in [-0.1, -0.05) is 18.5 Å². The number of nitrogens with zero attached hydrogens (tertiary/aromatic N) is 1. The number of rotatable bonds is 2. The molecule has 1 atom stereocenters. The molecule has 0 aliphatic carbocycles. The molecule has 2 heterocycles. The third-order valence-corrected chi connectivity index (χ3v) is 3.84. The number of fused-ring (bicyclic) bond motifs is 1. The van der Waals surface area contributed by atoms with Gasteiger partial charge in [-0.25, -0.2) is 4.98 Å². The minimum atomic E-state index is -0.0779. The van der Waals surface area contributed by atoms with Crippen LogP contribution in [-0.4, -0.2) is 11.5 Å². The Morgan fingerprint density at radius 3 is 3.12 bits per heavy atom. The highest BCUT2D eigenvalue weighted by Gasteiger charge is 2.38. The largest absolute Gasteiger partial charge is 0.439 e. The van der Waals surface area contributed by atoms with Crippen molar-refractivity contribution in [1.29, 1.82) is 0 Å². The highest BCUT2D eigenvalue weighted by molar-refractivity contribution is 6.31. The molecule has 1 aromatic heterocycles. The van der Waals surface area contributed by atoms with E-state index in [4.69, 9.17) is 16.0 Å². The van der Waals surface area contributed by atoms with Gasteiger partial charge in [-0.3, -0.25) is 0 Å². The van der Waals surface area contributed by atoms with Gasteiger partial charge in [-0.15, -0.1) is 0 Å². The van der Waals surface area contributed by atoms with Gasteiger partial charge in [0.15, 0.2) is 5.58 Å². The maximum atomic E-state index is 5.95. The van der Waals surface area contributed by atoms with Crippen LogP contribution in [0.3, 0.4) is 0 Å². The van der Waals surface area contributed by atoms with Crippen molar-refractivity contribution in [2.45, 2.75) is 31.7 Å². The summed E-state index contributed by atoms with van der Waals surface area (Å²) in [5.74, 6) is 0.801. The molecule has 2 aromatic rings. The highest BCUT2D eigenvalue weighted by Crippen LogP contribution is 2.35. The van der Waals surface area contributed by atoms with Gasteiger partial charge in [0.2, 0.25) is 5.89 Å². The molecule has 17 heavy (non-hydrogen) atoms. The molecular weight excluding hydrogens is 236 g/mol. The van der Waals surface area contributed by atoms with Crippen LogP contribution < -0.4 is 5.32 Å². The number of oxazole rings is 1. The Labute approximate surface area is 105 Å². The van der Waals surface area contributed by atoms with Crippen LogP contribution in [0.4, 0.5) is 0 Å². The molecule has 1 N–H and O–H groups in total. The molecule has 0 amide bonds. The van der Waals surface area contributed by atoms with Crippen molar-refractivity contribution in [2.75, 3.05) is 6.54 Å². The summed E-state index contributed by atoms with van der Waals surface area (Å²) in [5, 5.41) is 4.21. The first kappa shape index (κ1) is 11.1. The molecule has 1 aliphatic rings. The second-order valence-corrected chi connectivity index (χ2v) is 5.03. The molecule has 1 aliphatic heterocycles. The first-order valence-corrected chi connectivity index (χ1v) is 6.43. The summed E-state index contributed by atoms with van der Waals surface area (Å²) in [4.78, 5) is 4.59. The Kier molecular flexibility index (Phi) is 2.60. The summed E-state index contributed by atoms with van der Waals surface area (Å²) in [6.07, 6.45) is 3.25. The van der Waals surface area contributed by atoms with Crippen molar-refractivity contribution >= 4 is 22.7 Å². The van der Waals surface area contributed by atoms with Gasteiger partial charge in [-0.2, -0.15) is 0 Å². The fourth-order valence-electron chi connectivity index (χ4n) is 2.54. The minimum absolute atomic E-state index is 0.0779. The lowest BCUT2D eigenvalue weighted by atomic mass is 9.94. The monoisotopic (exact) mass is 250 g/mol. The number of nitrogens with one attached hydrogen (secondary N) is 1. The fourth-order valence-corrected chi connectivity index (χ4v) is 2.71. The zero-order valence-electron chi connectivity index (χ0n) is 9.79. The molecule has 3 rings (SSSR count). The molecule has 4 heteroatoms. The average Bonchev–Trinajstić information content (AvgIpc) is 2.94. The summed E-state index contributed by atoms with van der Waals surface area (Å²) < 4.78 is 5.87. The maximum absolute atomic E-state index is 5.95. The second-order valence-electron chi connectivity index (χ2n) is 4.60. The van der Waals surface area contributed by atoms with Crippen LogP contribution in [-0.2, 0) is 5.54 Å². The van der Waals surface area contributed by atoms with E-state index in [0.29, 0.717) is 5.02 Å². The van der Waals surface area contributed by atoms with Crippen LogP contribution in [0.15, 0.2) is 22.6 Å². The van der Waals surface area contributed by atoms with Gasteiger partial charge < -0.3 is 9.73 Å². The van der Waals surface area contributed by atoms with Gasteiger partial charge in [-0.05, 0) is 37.9 Å². The quantitative estimate of drug-likeness (QED) is 0.887. The maximum Gasteiger partial charge on any atom is 0.215 e. The predicted octanol–water partition coefficient (Wildman–Crippen LogP) is 3.47. The Balaban J connectivity index is 2.11. The minimum Gasteiger partial charge on any atom is -0.439 e. The van der Waals surface area contributed by atoms with E-state index >= 15 is 0 Å². The Morgan fingerprint density at radius 1 is 1.53 bits per heavy atom. The molecule has 90 valence electrons. The molecule has 0 saturated carbocycles. The van der Waals surface area contributed by atoms with Gasteiger partial charge >= 0.3 is 0 Å². The molecule has 1 saturated heterocycles. The Bertz CT molecular complexity index is 543. The lowest BCUT2D eigenvalue weighted by Crippen LogP contribution is -2.36. The molecule has 0 bridgehead atoms. The van der Waals surface area contributed by atoms with E-state index in [1.54, 1.807) is 0 Å². The van der Waals surface area contributed by atoms with Crippen molar-refractivity contribution < 1.29 is 4.42 Å². The predicted molar refractivity (Wildman–Crippen MR) is 68.2 cm³/mol. The summed E-state index contributed by atoms with van der Waals surface area (Å²) in [6, 6.07) is 5.57. The van der Waals surface area contributed by atoms with Crippen LogP contribution in [0.25, 0.3) is 11.1 Å². The SMILES string of the molecule is CCC1(c2nc3ccc(Cl)cc3o2)CCCN1. The van der Waals surface area contributed by atoms with E-state index < -0.39 is 0 Å².